The molecule has 0 saturated carbocycles. The van der Waals surface area contributed by atoms with Crippen LogP contribution in [0.2, 0.25) is 0 Å². The number of amides is 1. The molecular formula is C13H21BrN2O4S. The zero-order chi connectivity index (χ0) is 16.5. The summed E-state index contributed by atoms with van der Waals surface area (Å²) in [5.74, 6) is 0. The Morgan fingerprint density at radius 2 is 2.00 bits per heavy atom. The number of carbonyl (C=O) groups is 2. The van der Waals surface area contributed by atoms with Crippen molar-refractivity contribution in [1.29, 1.82) is 0 Å². The molecule has 0 atom stereocenters. The average molecular weight is 381 g/mol. The van der Waals surface area contributed by atoms with Crippen molar-refractivity contribution < 1.29 is 19.1 Å². The SMILES string of the molecule is C=C/C(Br)=C(/CCNNC(=O)OC(C)(C)C)SC(=O)OC. The van der Waals surface area contributed by atoms with Gasteiger partial charge in [-0.1, -0.05) is 12.7 Å². The third-order valence-electron chi connectivity index (χ3n) is 1.89. The van der Waals surface area contributed by atoms with Gasteiger partial charge in [-0.25, -0.2) is 15.0 Å². The van der Waals surface area contributed by atoms with Gasteiger partial charge >= 0.3 is 11.4 Å². The minimum atomic E-state index is -0.559. The summed E-state index contributed by atoms with van der Waals surface area (Å²) in [5.41, 5.74) is 4.60. The highest BCUT2D eigenvalue weighted by Crippen LogP contribution is 2.28. The van der Waals surface area contributed by atoms with E-state index in [9.17, 15) is 9.59 Å². The summed E-state index contributed by atoms with van der Waals surface area (Å²) in [4.78, 5) is 23.4. The van der Waals surface area contributed by atoms with Crippen molar-refractivity contribution in [2.24, 2.45) is 0 Å². The predicted molar refractivity (Wildman–Crippen MR) is 88.1 cm³/mol. The number of halogens is 1. The van der Waals surface area contributed by atoms with E-state index in [1.807, 2.05) is 0 Å². The first-order valence-corrected chi connectivity index (χ1v) is 7.79. The average Bonchev–Trinajstić information content (AvgIpc) is 2.38. The first kappa shape index (κ1) is 20.0. The fraction of sp³-hybridized carbons (Fsp3) is 0.538. The van der Waals surface area contributed by atoms with Crippen molar-refractivity contribution >= 4 is 39.1 Å². The standard InChI is InChI=1S/C13H21BrN2O4S/c1-6-9(14)10(21-12(18)19-5)7-8-15-16-11(17)20-13(2,3)4/h6,15H,1,7-8H2,2-5H3,(H,16,17)/b10-9+. The van der Waals surface area contributed by atoms with E-state index in [-0.39, 0.29) is 0 Å². The van der Waals surface area contributed by atoms with Crippen LogP contribution in [0.25, 0.3) is 0 Å². The van der Waals surface area contributed by atoms with E-state index in [1.54, 1.807) is 26.8 Å². The summed E-state index contributed by atoms with van der Waals surface area (Å²) in [6, 6.07) is 0. The van der Waals surface area contributed by atoms with Gasteiger partial charge in [0.25, 0.3) is 0 Å². The molecule has 0 unspecified atom stereocenters. The topological polar surface area (TPSA) is 76.7 Å². The number of hydrogen-bond acceptors (Lipinski definition) is 6. The van der Waals surface area contributed by atoms with E-state index in [4.69, 9.17) is 4.74 Å². The molecule has 0 aliphatic heterocycles. The van der Waals surface area contributed by atoms with E-state index in [2.05, 4.69) is 38.1 Å². The van der Waals surface area contributed by atoms with E-state index in [1.165, 1.54) is 7.11 Å². The van der Waals surface area contributed by atoms with Gasteiger partial charge in [0.15, 0.2) is 0 Å². The number of hydrazine groups is 1. The molecule has 0 heterocycles. The lowest BCUT2D eigenvalue weighted by molar-refractivity contribution is 0.0499. The predicted octanol–water partition coefficient (Wildman–Crippen LogP) is 3.70. The van der Waals surface area contributed by atoms with Gasteiger partial charge in [0.05, 0.1) is 7.11 Å². The van der Waals surface area contributed by atoms with Crippen molar-refractivity contribution in [2.75, 3.05) is 13.7 Å². The van der Waals surface area contributed by atoms with Gasteiger partial charge in [-0.15, -0.1) is 0 Å². The number of thioether (sulfide) groups is 1. The van der Waals surface area contributed by atoms with E-state index >= 15 is 0 Å². The number of rotatable bonds is 6. The Hall–Kier alpha value is -0.990. The first-order chi connectivity index (χ1) is 9.69. The second kappa shape index (κ2) is 9.86. The molecule has 0 aromatic carbocycles. The summed E-state index contributed by atoms with van der Waals surface area (Å²) in [6.07, 6.45) is 1.53. The largest absolute Gasteiger partial charge is 0.461 e. The highest BCUT2D eigenvalue weighted by molar-refractivity contribution is 9.12. The van der Waals surface area contributed by atoms with Crippen LogP contribution in [0.1, 0.15) is 27.2 Å². The van der Waals surface area contributed by atoms with Crippen LogP contribution in [0, 0.1) is 0 Å². The van der Waals surface area contributed by atoms with Gasteiger partial charge in [-0.2, -0.15) is 0 Å². The number of ether oxygens (including phenoxy) is 2. The highest BCUT2D eigenvalue weighted by atomic mass is 79.9. The van der Waals surface area contributed by atoms with Gasteiger partial charge in [0.1, 0.15) is 5.60 Å². The van der Waals surface area contributed by atoms with Crippen molar-refractivity contribution in [3.8, 4) is 0 Å². The summed E-state index contributed by atoms with van der Waals surface area (Å²) in [6.45, 7) is 9.39. The minimum Gasteiger partial charge on any atom is -0.461 e. The zero-order valence-corrected chi connectivity index (χ0v) is 15.0. The Balaban J connectivity index is 4.25. The smallest absolute Gasteiger partial charge is 0.422 e. The monoisotopic (exact) mass is 380 g/mol. The molecule has 120 valence electrons. The van der Waals surface area contributed by atoms with Gasteiger partial charge < -0.3 is 9.47 Å². The van der Waals surface area contributed by atoms with Crippen LogP contribution < -0.4 is 10.9 Å². The van der Waals surface area contributed by atoms with E-state index in [0.717, 1.165) is 16.7 Å². The molecule has 0 rings (SSSR count). The molecule has 0 spiro atoms. The first-order valence-electron chi connectivity index (χ1n) is 6.18. The molecular weight excluding hydrogens is 360 g/mol. The molecule has 0 aliphatic carbocycles. The summed E-state index contributed by atoms with van der Waals surface area (Å²) < 4.78 is 10.4. The summed E-state index contributed by atoms with van der Waals surface area (Å²) in [7, 11) is 1.32. The lowest BCUT2D eigenvalue weighted by Gasteiger charge is -2.19. The summed E-state index contributed by atoms with van der Waals surface area (Å²) >= 11 is 4.28. The molecule has 6 nitrogen and oxygen atoms in total. The zero-order valence-electron chi connectivity index (χ0n) is 12.6. The van der Waals surface area contributed by atoms with E-state index < -0.39 is 17.0 Å². The fourth-order valence-corrected chi connectivity index (χ4v) is 2.20. The number of nitrogens with one attached hydrogen (secondary N) is 2. The maximum absolute atomic E-state index is 11.4. The van der Waals surface area contributed by atoms with Crippen LogP contribution in [0.3, 0.4) is 0 Å². The number of allylic oxidation sites excluding steroid dienone is 2. The van der Waals surface area contributed by atoms with Crippen molar-refractivity contribution in [2.45, 2.75) is 32.8 Å². The van der Waals surface area contributed by atoms with Crippen LogP contribution >= 0.6 is 27.7 Å². The van der Waals surface area contributed by atoms with Crippen LogP contribution in [0.15, 0.2) is 22.0 Å². The van der Waals surface area contributed by atoms with Gasteiger partial charge in [-0.3, -0.25) is 5.43 Å². The van der Waals surface area contributed by atoms with Crippen LogP contribution in [0.4, 0.5) is 9.59 Å². The molecule has 0 bridgehead atoms. The molecule has 0 aliphatic rings. The maximum atomic E-state index is 11.4. The third-order valence-corrected chi connectivity index (χ3v) is 3.95. The molecule has 0 fully saturated rings. The van der Waals surface area contributed by atoms with Gasteiger partial charge in [0.2, 0.25) is 0 Å². The van der Waals surface area contributed by atoms with Crippen LogP contribution in [-0.2, 0) is 9.47 Å². The second-order valence-corrected chi connectivity index (χ2v) is 6.72. The third kappa shape index (κ3) is 10.4. The molecule has 0 radical (unpaired) electrons. The Kier molecular flexibility index (Phi) is 9.39. The van der Waals surface area contributed by atoms with E-state index in [0.29, 0.717) is 17.4 Å². The van der Waals surface area contributed by atoms with Crippen LogP contribution in [0.5, 0.6) is 0 Å². The molecule has 2 N–H and O–H groups in total. The Morgan fingerprint density at radius 3 is 2.48 bits per heavy atom. The molecule has 0 aromatic rings. The van der Waals surface area contributed by atoms with Crippen molar-refractivity contribution in [3.05, 3.63) is 22.0 Å². The quantitative estimate of drug-likeness (QED) is 0.316. The lowest BCUT2D eigenvalue weighted by atomic mass is 10.2. The second-order valence-electron chi connectivity index (χ2n) is 4.84. The maximum Gasteiger partial charge on any atom is 0.422 e. The fourth-order valence-electron chi connectivity index (χ4n) is 1.09. The van der Waals surface area contributed by atoms with Crippen molar-refractivity contribution in [3.63, 3.8) is 0 Å². The van der Waals surface area contributed by atoms with Crippen molar-refractivity contribution in [1.82, 2.24) is 10.9 Å². The summed E-state index contributed by atoms with van der Waals surface area (Å²) in [5, 5.41) is -0.413. The van der Waals surface area contributed by atoms with Gasteiger partial charge in [-0.05, 0) is 54.9 Å². The molecule has 0 saturated heterocycles. The Labute approximate surface area is 137 Å². The lowest BCUT2D eigenvalue weighted by Crippen LogP contribution is -2.41. The Morgan fingerprint density at radius 1 is 1.38 bits per heavy atom. The Bertz CT molecular complexity index is 419. The molecule has 1 amide bonds. The number of hydrogen-bond donors (Lipinski definition) is 2. The molecule has 8 heteroatoms. The van der Waals surface area contributed by atoms with Crippen LogP contribution in [-0.4, -0.2) is 30.7 Å². The normalized spacial score (nSPS) is 12.2. The molecule has 0 aromatic heterocycles. The minimum absolute atomic E-state index is 0.413. The highest BCUT2D eigenvalue weighted by Gasteiger charge is 2.16. The molecule has 21 heavy (non-hydrogen) atoms. The number of carbonyl (C=O) groups excluding carboxylic acids is 2. The van der Waals surface area contributed by atoms with Gasteiger partial charge in [0, 0.05) is 15.9 Å². The number of methoxy groups -OCH3 is 1.